The van der Waals surface area contributed by atoms with Gasteiger partial charge >= 0.3 is 11.9 Å². The van der Waals surface area contributed by atoms with Crippen molar-refractivity contribution in [2.24, 2.45) is 34.5 Å². The molecule has 0 amide bonds. The lowest BCUT2D eigenvalue weighted by atomic mass is 9.46. The Morgan fingerprint density at radius 1 is 1.18 bits per heavy atom. The van der Waals surface area contributed by atoms with Crippen LogP contribution in [-0.2, 0) is 28.7 Å². The number of hydrogen-bond donors (Lipinski definition) is 2. The highest BCUT2D eigenvalue weighted by molar-refractivity contribution is 6.02. The Morgan fingerprint density at radius 3 is 2.56 bits per heavy atom. The molecule has 184 valence electrons. The first kappa shape index (κ1) is 24.5. The summed E-state index contributed by atoms with van der Waals surface area (Å²) in [5.41, 5.74) is -2.39. The van der Waals surface area contributed by atoms with Crippen LogP contribution in [0.25, 0.3) is 0 Å². The number of hydrogen-bond acceptors (Lipinski definition) is 7. The zero-order valence-electron chi connectivity index (χ0n) is 19.8. The molecule has 3 fully saturated rings. The second kappa shape index (κ2) is 8.26. The predicted octanol–water partition coefficient (Wildman–Crippen LogP) is 2.43. The van der Waals surface area contributed by atoms with E-state index in [0.29, 0.717) is 19.3 Å². The maximum atomic E-state index is 13.6. The third kappa shape index (κ3) is 3.49. The molecule has 4 aliphatic rings. The molecular weight excluding hydrogens is 440 g/mol. The molecule has 34 heavy (non-hydrogen) atoms. The monoisotopic (exact) mass is 472 g/mol. The number of allylic oxidation sites excluding steroid dienone is 4. The standard InChI is InChI=1S/C26H32O8/c1-14-10-18-17-5-4-15-11-16(27)8-9-24(15,2)23(17)19(28)12-25(18,3)26(14,33)20(29)13-34-22(32)7-6-21(30)31/h8-9,11,14,17-18,23,33H,4-7,10,12-13H2,1-3H3,(H,30,31)/t14-,17-,18-,23+,24+,25-,26-/m1/s1. The van der Waals surface area contributed by atoms with Crippen LogP contribution in [0.2, 0.25) is 0 Å². The van der Waals surface area contributed by atoms with E-state index in [4.69, 9.17) is 9.84 Å². The van der Waals surface area contributed by atoms with E-state index in [0.717, 1.165) is 5.57 Å². The summed E-state index contributed by atoms with van der Waals surface area (Å²) in [6.45, 7) is 4.94. The van der Waals surface area contributed by atoms with E-state index in [1.54, 1.807) is 19.9 Å². The Bertz CT molecular complexity index is 1020. The maximum absolute atomic E-state index is 13.6. The van der Waals surface area contributed by atoms with E-state index in [2.05, 4.69) is 0 Å². The number of esters is 1. The Kier molecular flexibility index (Phi) is 5.95. The second-order valence-electron chi connectivity index (χ2n) is 10.9. The van der Waals surface area contributed by atoms with Gasteiger partial charge in [0.15, 0.2) is 12.4 Å². The molecule has 0 radical (unpaired) electrons. The molecule has 0 bridgehead atoms. The number of ketones is 3. The highest BCUT2D eigenvalue weighted by Gasteiger charge is 2.70. The summed E-state index contributed by atoms with van der Waals surface area (Å²) in [7, 11) is 0. The molecular formula is C26H32O8. The van der Waals surface area contributed by atoms with Crippen LogP contribution in [0.1, 0.15) is 59.3 Å². The third-order valence-electron chi connectivity index (χ3n) is 9.17. The molecule has 0 aromatic rings. The predicted molar refractivity (Wildman–Crippen MR) is 119 cm³/mol. The fourth-order valence-electron chi connectivity index (χ4n) is 7.50. The molecule has 4 aliphatic carbocycles. The average molecular weight is 473 g/mol. The smallest absolute Gasteiger partial charge is 0.306 e. The van der Waals surface area contributed by atoms with Crippen LogP contribution >= 0.6 is 0 Å². The molecule has 0 spiro atoms. The van der Waals surface area contributed by atoms with Crippen LogP contribution in [0.3, 0.4) is 0 Å². The first-order chi connectivity index (χ1) is 15.8. The number of rotatable bonds is 6. The number of ether oxygens (including phenoxy) is 1. The number of carboxylic acids is 1. The van der Waals surface area contributed by atoms with Crippen molar-refractivity contribution in [2.75, 3.05) is 6.61 Å². The number of carbonyl (C=O) groups excluding carboxylic acids is 4. The SMILES string of the molecule is C[C@@H]1C[C@@H]2[C@H]3CCC4=CC(=O)C=C[C@]4(C)[C@@H]3C(=O)C[C@@]2(C)[C@]1(O)C(=O)COC(=O)CCC(=O)O. The van der Waals surface area contributed by atoms with E-state index in [-0.39, 0.29) is 42.2 Å². The Morgan fingerprint density at radius 2 is 1.88 bits per heavy atom. The van der Waals surface area contributed by atoms with Gasteiger partial charge in [-0.25, -0.2) is 0 Å². The van der Waals surface area contributed by atoms with Crippen molar-refractivity contribution >= 4 is 29.3 Å². The minimum Gasteiger partial charge on any atom is -0.481 e. The van der Waals surface area contributed by atoms with E-state index < -0.39 is 53.1 Å². The Balaban J connectivity index is 1.58. The summed E-state index contributed by atoms with van der Waals surface area (Å²) in [5.74, 6) is -3.55. The highest BCUT2D eigenvalue weighted by Crippen LogP contribution is 2.67. The highest BCUT2D eigenvalue weighted by atomic mass is 16.5. The molecule has 0 aromatic carbocycles. The van der Waals surface area contributed by atoms with Gasteiger partial charge in [-0.05, 0) is 49.2 Å². The minimum absolute atomic E-state index is 0.0189. The summed E-state index contributed by atoms with van der Waals surface area (Å²) in [6.07, 6.45) is 6.27. The number of carboxylic acid groups (broad SMARTS) is 1. The summed E-state index contributed by atoms with van der Waals surface area (Å²) in [4.78, 5) is 61.3. The minimum atomic E-state index is -1.83. The average Bonchev–Trinajstić information content (AvgIpc) is 2.97. The molecule has 4 rings (SSSR count). The van der Waals surface area contributed by atoms with Gasteiger partial charge in [-0.2, -0.15) is 0 Å². The van der Waals surface area contributed by atoms with Gasteiger partial charge in [0.25, 0.3) is 0 Å². The fourth-order valence-corrected chi connectivity index (χ4v) is 7.50. The van der Waals surface area contributed by atoms with Crippen molar-refractivity contribution in [3.05, 3.63) is 23.8 Å². The van der Waals surface area contributed by atoms with Crippen molar-refractivity contribution in [1.29, 1.82) is 0 Å². The second-order valence-corrected chi connectivity index (χ2v) is 10.9. The number of Topliss-reactive ketones (excluding diaryl/α,β-unsaturated/α-hetero) is 2. The van der Waals surface area contributed by atoms with Crippen LogP contribution in [0, 0.1) is 34.5 Å². The molecule has 0 saturated heterocycles. The van der Waals surface area contributed by atoms with Crippen molar-refractivity contribution in [2.45, 2.75) is 64.9 Å². The van der Waals surface area contributed by atoms with E-state index in [1.165, 1.54) is 6.08 Å². The zero-order chi connectivity index (χ0) is 25.1. The van der Waals surface area contributed by atoms with Gasteiger partial charge in [0.2, 0.25) is 5.78 Å². The van der Waals surface area contributed by atoms with Crippen LogP contribution in [0.5, 0.6) is 0 Å². The number of aliphatic carboxylic acids is 1. The molecule has 0 aliphatic heterocycles. The van der Waals surface area contributed by atoms with Crippen LogP contribution in [-0.4, -0.2) is 51.7 Å². The van der Waals surface area contributed by atoms with Crippen molar-refractivity contribution in [3.63, 3.8) is 0 Å². The zero-order valence-corrected chi connectivity index (χ0v) is 19.8. The molecule has 0 unspecified atom stereocenters. The van der Waals surface area contributed by atoms with E-state index >= 15 is 0 Å². The van der Waals surface area contributed by atoms with Crippen molar-refractivity contribution in [1.82, 2.24) is 0 Å². The lowest BCUT2D eigenvalue weighted by molar-refractivity contribution is -0.176. The number of carbonyl (C=O) groups is 5. The normalized spacial score (nSPS) is 40.6. The summed E-state index contributed by atoms with van der Waals surface area (Å²) >= 11 is 0. The summed E-state index contributed by atoms with van der Waals surface area (Å²) in [5, 5.41) is 20.5. The lowest BCUT2D eigenvalue weighted by Crippen LogP contribution is -2.62. The van der Waals surface area contributed by atoms with Gasteiger partial charge in [-0.3, -0.25) is 24.0 Å². The molecule has 0 heterocycles. The van der Waals surface area contributed by atoms with Crippen molar-refractivity contribution < 1.29 is 38.9 Å². The third-order valence-corrected chi connectivity index (χ3v) is 9.17. The van der Waals surface area contributed by atoms with Gasteiger partial charge in [0.05, 0.1) is 12.8 Å². The first-order valence-corrected chi connectivity index (χ1v) is 11.9. The molecule has 2 N–H and O–H groups in total. The van der Waals surface area contributed by atoms with Gasteiger partial charge in [0, 0.05) is 23.2 Å². The van der Waals surface area contributed by atoms with Crippen molar-refractivity contribution in [3.8, 4) is 0 Å². The van der Waals surface area contributed by atoms with Crippen LogP contribution in [0.15, 0.2) is 23.8 Å². The quantitative estimate of drug-likeness (QED) is 0.563. The molecule has 3 saturated carbocycles. The molecule has 8 nitrogen and oxygen atoms in total. The molecule has 0 aromatic heterocycles. The van der Waals surface area contributed by atoms with E-state index in [1.807, 2.05) is 13.0 Å². The van der Waals surface area contributed by atoms with Gasteiger partial charge in [-0.15, -0.1) is 0 Å². The van der Waals surface area contributed by atoms with Gasteiger partial charge in [-0.1, -0.05) is 32.4 Å². The molecule has 8 heteroatoms. The summed E-state index contributed by atoms with van der Waals surface area (Å²) in [6, 6.07) is 0. The van der Waals surface area contributed by atoms with Crippen LogP contribution < -0.4 is 0 Å². The number of fused-ring (bicyclic) bond motifs is 5. The van der Waals surface area contributed by atoms with Gasteiger partial charge < -0.3 is 14.9 Å². The Labute approximate surface area is 198 Å². The van der Waals surface area contributed by atoms with Crippen LogP contribution in [0.4, 0.5) is 0 Å². The topological polar surface area (TPSA) is 135 Å². The summed E-state index contributed by atoms with van der Waals surface area (Å²) < 4.78 is 4.99. The lowest BCUT2D eigenvalue weighted by Gasteiger charge is -2.56. The first-order valence-electron chi connectivity index (χ1n) is 11.9. The molecule has 7 atom stereocenters. The van der Waals surface area contributed by atoms with E-state index in [9.17, 15) is 29.1 Å². The van der Waals surface area contributed by atoms with Gasteiger partial charge in [0.1, 0.15) is 11.4 Å². The maximum Gasteiger partial charge on any atom is 0.306 e. The fraction of sp³-hybridized carbons (Fsp3) is 0.654. The number of aliphatic hydroxyl groups is 1. The largest absolute Gasteiger partial charge is 0.481 e. The Hall–Kier alpha value is -2.61.